The van der Waals surface area contributed by atoms with Crippen LogP contribution in [0.3, 0.4) is 0 Å². The highest BCUT2D eigenvalue weighted by atomic mass is 16.3. The number of nitrogens with zero attached hydrogens (tertiary/aromatic N) is 3. The van der Waals surface area contributed by atoms with Gasteiger partial charge in [-0.15, -0.1) is 0 Å². The third-order valence-corrected chi connectivity index (χ3v) is 12.2. The first-order valence-electron chi connectivity index (χ1n) is 19.7. The molecular weight excluding hydrogens is 695 g/mol. The van der Waals surface area contributed by atoms with E-state index in [9.17, 15) is 0 Å². The number of para-hydroxylation sites is 5. The van der Waals surface area contributed by atoms with E-state index >= 15 is 0 Å². The van der Waals surface area contributed by atoms with E-state index in [2.05, 4.69) is 216 Å². The number of benzene rings is 8. The van der Waals surface area contributed by atoms with Gasteiger partial charge in [0.1, 0.15) is 5.58 Å². The molecule has 0 N–H and O–H groups in total. The van der Waals surface area contributed by atoms with Crippen LogP contribution >= 0.6 is 0 Å². The van der Waals surface area contributed by atoms with Gasteiger partial charge < -0.3 is 14.2 Å². The number of anilines is 6. The summed E-state index contributed by atoms with van der Waals surface area (Å²) in [6.07, 6.45) is 0. The second-order valence-corrected chi connectivity index (χ2v) is 15.8. The van der Waals surface area contributed by atoms with E-state index in [4.69, 9.17) is 4.42 Å². The first-order valence-corrected chi connectivity index (χ1v) is 19.7. The molecule has 0 spiro atoms. The molecule has 0 unspecified atom stereocenters. The molecule has 11 aromatic rings. The molecule has 0 radical (unpaired) electrons. The lowest BCUT2D eigenvalue weighted by Gasteiger charge is -2.26. The summed E-state index contributed by atoms with van der Waals surface area (Å²) in [5.74, 6) is 0. The normalized spacial score (nSPS) is 13.2. The zero-order chi connectivity index (χ0) is 37.8. The van der Waals surface area contributed by atoms with Crippen LogP contribution in [0.2, 0.25) is 0 Å². The molecular formula is C53H37N3O. The Morgan fingerprint density at radius 2 is 1.05 bits per heavy atom. The van der Waals surface area contributed by atoms with Crippen LogP contribution in [0.4, 0.5) is 34.1 Å². The smallest absolute Gasteiger partial charge is 0.213 e. The number of fused-ring (bicyclic) bond motifs is 11. The zero-order valence-corrected chi connectivity index (χ0v) is 31.6. The predicted octanol–water partition coefficient (Wildman–Crippen LogP) is 14.8. The van der Waals surface area contributed by atoms with Gasteiger partial charge in [-0.05, 0) is 107 Å². The van der Waals surface area contributed by atoms with Crippen molar-refractivity contribution >= 4 is 83.3 Å². The maximum atomic E-state index is 6.95. The molecule has 3 heterocycles. The van der Waals surface area contributed by atoms with Crippen LogP contribution in [0.25, 0.3) is 60.3 Å². The Bertz CT molecular complexity index is 3230. The lowest BCUT2D eigenvalue weighted by Crippen LogP contribution is -2.17. The van der Waals surface area contributed by atoms with Gasteiger partial charge in [0, 0.05) is 61.3 Å². The molecule has 0 bridgehead atoms. The quantitative estimate of drug-likeness (QED) is 0.170. The van der Waals surface area contributed by atoms with Crippen LogP contribution < -0.4 is 9.80 Å². The van der Waals surface area contributed by atoms with E-state index in [1.165, 1.54) is 49.4 Å². The first-order chi connectivity index (χ1) is 28.1. The van der Waals surface area contributed by atoms with E-state index in [1.807, 2.05) is 0 Å². The summed E-state index contributed by atoms with van der Waals surface area (Å²) < 4.78 is 9.42. The molecule has 0 aliphatic heterocycles. The number of furan rings is 1. The predicted molar refractivity (Wildman–Crippen MR) is 238 cm³/mol. The standard InChI is InChI=1S/C53H37N3O/c1-53(2)44-33-35-31-40(54(36-17-7-3-8-18-36)37-19-9-4-10-20-37)28-27-34(35)32-43(44)47-42-29-30-45(55(38-21-11-5-12-22-38)39-23-13-6-14-24-39)49-48-41-25-15-16-26-46(41)57-52(48)56(50(42)49)51(47)53/h3-33H,1-2H3. The summed E-state index contributed by atoms with van der Waals surface area (Å²) >= 11 is 0. The molecule has 57 heavy (non-hydrogen) atoms. The SMILES string of the molecule is CC1(C)c2cc3cc(N(c4ccccc4)c4ccccc4)ccc3cc2-c2c1n1c3oc4ccccc4c3c3c(N(c4ccccc4)c4ccccc4)ccc2c31. The Morgan fingerprint density at radius 1 is 0.474 bits per heavy atom. The topological polar surface area (TPSA) is 24.0 Å². The van der Waals surface area contributed by atoms with Gasteiger partial charge in [-0.25, -0.2) is 0 Å². The van der Waals surface area contributed by atoms with Crippen LogP contribution in [-0.2, 0) is 5.41 Å². The molecule has 0 atom stereocenters. The maximum absolute atomic E-state index is 6.95. The van der Waals surface area contributed by atoms with E-state index in [1.54, 1.807) is 0 Å². The molecule has 270 valence electrons. The highest BCUT2D eigenvalue weighted by Crippen LogP contribution is 2.58. The summed E-state index contributed by atoms with van der Waals surface area (Å²) in [5.41, 5.74) is 14.7. The van der Waals surface area contributed by atoms with Gasteiger partial charge in [-0.2, -0.15) is 0 Å². The van der Waals surface area contributed by atoms with Gasteiger partial charge in [-0.1, -0.05) is 117 Å². The maximum Gasteiger partial charge on any atom is 0.213 e. The van der Waals surface area contributed by atoms with Gasteiger partial charge in [-0.3, -0.25) is 4.40 Å². The first kappa shape index (κ1) is 32.0. The van der Waals surface area contributed by atoms with Gasteiger partial charge in [0.05, 0.1) is 16.6 Å². The van der Waals surface area contributed by atoms with Gasteiger partial charge >= 0.3 is 0 Å². The minimum absolute atomic E-state index is 0.316. The van der Waals surface area contributed by atoms with E-state index in [-0.39, 0.29) is 5.41 Å². The number of hydrogen-bond acceptors (Lipinski definition) is 3. The summed E-state index contributed by atoms with van der Waals surface area (Å²) in [7, 11) is 0. The fourth-order valence-corrected chi connectivity index (χ4v) is 9.76. The van der Waals surface area contributed by atoms with Crippen molar-refractivity contribution in [2.75, 3.05) is 9.80 Å². The Hall–Kier alpha value is -7.30. The lowest BCUT2D eigenvalue weighted by molar-refractivity contribution is 0.606. The van der Waals surface area contributed by atoms with Gasteiger partial charge in [0.2, 0.25) is 5.71 Å². The fourth-order valence-electron chi connectivity index (χ4n) is 9.76. The van der Waals surface area contributed by atoms with Crippen molar-refractivity contribution in [3.63, 3.8) is 0 Å². The molecule has 3 aromatic heterocycles. The van der Waals surface area contributed by atoms with Crippen LogP contribution in [0.5, 0.6) is 0 Å². The Balaban J connectivity index is 1.12. The molecule has 1 aliphatic carbocycles. The van der Waals surface area contributed by atoms with Crippen molar-refractivity contribution in [3.8, 4) is 11.1 Å². The van der Waals surface area contributed by atoms with Gasteiger partial charge in [0.25, 0.3) is 0 Å². The third-order valence-electron chi connectivity index (χ3n) is 12.2. The highest BCUT2D eigenvalue weighted by molar-refractivity contribution is 6.29. The summed E-state index contributed by atoms with van der Waals surface area (Å²) in [5, 5.41) is 7.19. The fraction of sp³-hybridized carbons (Fsp3) is 0.0566. The number of hydrogen-bond donors (Lipinski definition) is 0. The Morgan fingerprint density at radius 3 is 1.68 bits per heavy atom. The van der Waals surface area contributed by atoms with Crippen LogP contribution in [0.1, 0.15) is 25.1 Å². The summed E-state index contributed by atoms with van der Waals surface area (Å²) in [6, 6.07) is 67.6. The molecule has 0 fully saturated rings. The molecule has 8 aromatic carbocycles. The minimum atomic E-state index is -0.316. The van der Waals surface area contributed by atoms with Crippen LogP contribution in [0.15, 0.2) is 192 Å². The van der Waals surface area contributed by atoms with E-state index in [0.717, 1.165) is 56.2 Å². The third kappa shape index (κ3) is 4.50. The van der Waals surface area contributed by atoms with Crippen LogP contribution in [0, 0.1) is 0 Å². The van der Waals surface area contributed by atoms with Gasteiger partial charge in [0.15, 0.2) is 0 Å². The Kier molecular flexibility index (Phi) is 6.65. The molecule has 0 amide bonds. The minimum Gasteiger partial charge on any atom is -0.439 e. The van der Waals surface area contributed by atoms with Crippen molar-refractivity contribution in [1.29, 1.82) is 0 Å². The Labute approximate surface area is 330 Å². The second-order valence-electron chi connectivity index (χ2n) is 15.8. The molecule has 1 aliphatic rings. The zero-order valence-electron chi connectivity index (χ0n) is 31.6. The second kappa shape index (κ2) is 11.8. The monoisotopic (exact) mass is 731 g/mol. The molecule has 0 saturated heterocycles. The van der Waals surface area contributed by atoms with Crippen molar-refractivity contribution in [3.05, 3.63) is 199 Å². The van der Waals surface area contributed by atoms with Crippen molar-refractivity contribution < 1.29 is 4.42 Å². The molecule has 0 saturated carbocycles. The van der Waals surface area contributed by atoms with Crippen molar-refractivity contribution in [1.82, 2.24) is 4.40 Å². The van der Waals surface area contributed by atoms with Crippen molar-refractivity contribution in [2.24, 2.45) is 0 Å². The van der Waals surface area contributed by atoms with E-state index in [0.29, 0.717) is 0 Å². The number of aromatic nitrogens is 1. The van der Waals surface area contributed by atoms with Crippen molar-refractivity contribution in [2.45, 2.75) is 19.3 Å². The van der Waals surface area contributed by atoms with Crippen LogP contribution in [-0.4, -0.2) is 4.40 Å². The summed E-state index contributed by atoms with van der Waals surface area (Å²) in [6.45, 7) is 4.77. The molecule has 4 heteroatoms. The molecule has 4 nitrogen and oxygen atoms in total. The number of rotatable bonds is 6. The van der Waals surface area contributed by atoms with E-state index < -0.39 is 0 Å². The largest absolute Gasteiger partial charge is 0.439 e. The lowest BCUT2D eigenvalue weighted by atomic mass is 9.84. The average Bonchev–Trinajstić information content (AvgIpc) is 3.96. The highest BCUT2D eigenvalue weighted by Gasteiger charge is 2.43. The summed E-state index contributed by atoms with van der Waals surface area (Å²) in [4.78, 5) is 4.74. The molecule has 12 rings (SSSR count). The average molecular weight is 732 g/mol.